The van der Waals surface area contributed by atoms with Gasteiger partial charge in [-0.1, -0.05) is 13.0 Å². The Kier molecular flexibility index (Phi) is 5.52. The van der Waals surface area contributed by atoms with E-state index in [1.54, 1.807) is 23.5 Å². The minimum Gasteiger partial charge on any atom is -0.350 e. The van der Waals surface area contributed by atoms with Gasteiger partial charge in [-0.05, 0) is 61.5 Å². The van der Waals surface area contributed by atoms with E-state index < -0.39 is 0 Å². The van der Waals surface area contributed by atoms with Crippen LogP contribution in [0.4, 0.5) is 0 Å². The number of imide groups is 1. The van der Waals surface area contributed by atoms with Gasteiger partial charge >= 0.3 is 0 Å². The van der Waals surface area contributed by atoms with Gasteiger partial charge in [-0.15, -0.1) is 11.3 Å². The van der Waals surface area contributed by atoms with Gasteiger partial charge in [0, 0.05) is 24.0 Å². The smallest absolute Gasteiger partial charge is 0.261 e. The summed E-state index contributed by atoms with van der Waals surface area (Å²) in [7, 11) is 1.45. The molecule has 2 aliphatic heterocycles. The highest BCUT2D eigenvalue weighted by molar-refractivity contribution is 7.10. The van der Waals surface area contributed by atoms with Gasteiger partial charge in [-0.25, -0.2) is 0 Å². The second-order valence-electron chi connectivity index (χ2n) is 7.89. The highest BCUT2D eigenvalue weighted by Gasteiger charge is 2.33. The zero-order valence-corrected chi connectivity index (χ0v) is 17.5. The molecule has 3 amide bonds. The minimum absolute atomic E-state index is 0.148. The van der Waals surface area contributed by atoms with Crippen molar-refractivity contribution in [3.8, 4) is 0 Å². The first-order valence-electron chi connectivity index (χ1n) is 9.97. The first-order valence-corrected chi connectivity index (χ1v) is 10.9. The van der Waals surface area contributed by atoms with Crippen molar-refractivity contribution in [3.63, 3.8) is 0 Å². The molecule has 0 radical (unpaired) electrons. The predicted octanol–water partition coefficient (Wildman–Crippen LogP) is 3.18. The summed E-state index contributed by atoms with van der Waals surface area (Å²) in [5.41, 5.74) is 1.05. The fourth-order valence-electron chi connectivity index (χ4n) is 4.02. The molecule has 0 spiro atoms. The van der Waals surface area contributed by atoms with Crippen molar-refractivity contribution >= 4 is 29.1 Å². The first kappa shape index (κ1) is 19.8. The number of thiophene rings is 1. The average Bonchev–Trinajstić information content (AvgIpc) is 3.33. The maximum atomic E-state index is 12.8. The van der Waals surface area contributed by atoms with Crippen molar-refractivity contribution in [1.29, 1.82) is 0 Å². The molecule has 3 heterocycles. The minimum atomic E-state index is -0.362. The van der Waals surface area contributed by atoms with Crippen LogP contribution in [0.15, 0.2) is 35.7 Å². The van der Waals surface area contributed by atoms with Gasteiger partial charge in [0.05, 0.1) is 17.2 Å². The van der Waals surface area contributed by atoms with E-state index in [9.17, 15) is 14.4 Å². The number of carbonyl (C=O) groups is 3. The zero-order valence-electron chi connectivity index (χ0n) is 16.7. The third kappa shape index (κ3) is 3.84. The van der Waals surface area contributed by atoms with Crippen molar-refractivity contribution in [1.82, 2.24) is 15.1 Å². The molecule has 1 aromatic heterocycles. The molecule has 1 N–H and O–H groups in total. The summed E-state index contributed by atoms with van der Waals surface area (Å²) in [6.07, 6.45) is 2.34. The maximum Gasteiger partial charge on any atom is 0.261 e. The number of fused-ring (bicyclic) bond motifs is 1. The standard InChI is InChI=1S/C22H25N3O3S/c1-14-7-9-25(10-8-14)18(19-4-3-11-29-19)13-23-20(26)15-5-6-16-17(12-15)22(28)24(2)21(16)27/h3-6,11-12,14,18H,7-10,13H2,1-2H3,(H,23,26)/t18-/m0/s1. The fraction of sp³-hybridized carbons (Fsp3) is 0.409. The van der Waals surface area contributed by atoms with Gasteiger partial charge in [0.2, 0.25) is 0 Å². The molecular formula is C22H25N3O3S. The van der Waals surface area contributed by atoms with Crippen LogP contribution >= 0.6 is 11.3 Å². The zero-order chi connectivity index (χ0) is 20.5. The number of nitrogens with one attached hydrogen (secondary N) is 1. The van der Waals surface area contributed by atoms with Crippen molar-refractivity contribution in [2.75, 3.05) is 26.7 Å². The van der Waals surface area contributed by atoms with E-state index in [1.807, 2.05) is 6.07 Å². The van der Waals surface area contributed by atoms with E-state index in [0.717, 1.165) is 23.9 Å². The van der Waals surface area contributed by atoms with Crippen LogP contribution in [0, 0.1) is 5.92 Å². The summed E-state index contributed by atoms with van der Waals surface area (Å²) >= 11 is 1.71. The highest BCUT2D eigenvalue weighted by atomic mass is 32.1. The first-order chi connectivity index (χ1) is 14.0. The molecule has 0 unspecified atom stereocenters. The van der Waals surface area contributed by atoms with Gasteiger partial charge in [-0.2, -0.15) is 0 Å². The summed E-state index contributed by atoms with van der Waals surface area (Å²) in [6, 6.07) is 9.01. The molecular weight excluding hydrogens is 386 g/mol. The summed E-state index contributed by atoms with van der Waals surface area (Å²) < 4.78 is 0. The lowest BCUT2D eigenvalue weighted by Gasteiger charge is -2.36. The molecule has 0 saturated carbocycles. The normalized spacial score (nSPS) is 18.8. The molecule has 1 saturated heterocycles. The summed E-state index contributed by atoms with van der Waals surface area (Å²) in [4.78, 5) is 41.8. The second kappa shape index (κ2) is 8.08. The van der Waals surface area contributed by atoms with E-state index in [1.165, 1.54) is 30.8 Å². The fourth-order valence-corrected chi connectivity index (χ4v) is 4.89. The summed E-state index contributed by atoms with van der Waals surface area (Å²) in [5.74, 6) is -0.170. The van der Waals surface area contributed by atoms with Crippen LogP contribution in [0.5, 0.6) is 0 Å². The van der Waals surface area contributed by atoms with Crippen molar-refractivity contribution in [2.45, 2.75) is 25.8 Å². The molecule has 152 valence electrons. The predicted molar refractivity (Wildman–Crippen MR) is 112 cm³/mol. The van der Waals surface area contributed by atoms with Crippen LogP contribution in [0.25, 0.3) is 0 Å². The van der Waals surface area contributed by atoms with Gasteiger partial charge in [-0.3, -0.25) is 24.2 Å². The van der Waals surface area contributed by atoms with Crippen LogP contribution in [0.3, 0.4) is 0 Å². The number of hydrogen-bond donors (Lipinski definition) is 1. The summed E-state index contributed by atoms with van der Waals surface area (Å²) in [5, 5.41) is 5.11. The van der Waals surface area contributed by atoms with Crippen LogP contribution in [0.2, 0.25) is 0 Å². The Morgan fingerprint density at radius 1 is 1.17 bits per heavy atom. The number of hydrogen-bond acceptors (Lipinski definition) is 5. The third-order valence-corrected chi connectivity index (χ3v) is 6.91. The Labute approximate surface area is 174 Å². The number of amides is 3. The summed E-state index contributed by atoms with van der Waals surface area (Å²) in [6.45, 7) is 4.86. The lowest BCUT2D eigenvalue weighted by atomic mass is 9.97. The molecule has 0 aliphatic carbocycles. The molecule has 2 aromatic rings. The van der Waals surface area contributed by atoms with E-state index in [0.29, 0.717) is 23.2 Å². The van der Waals surface area contributed by atoms with Gasteiger partial charge in [0.1, 0.15) is 0 Å². The Balaban J connectivity index is 1.48. The molecule has 4 rings (SSSR count). The number of benzene rings is 1. The Hall–Kier alpha value is -2.51. The largest absolute Gasteiger partial charge is 0.350 e. The van der Waals surface area contributed by atoms with Crippen LogP contribution in [0.1, 0.15) is 61.8 Å². The number of piperidine rings is 1. The number of likely N-dealkylation sites (tertiary alicyclic amines) is 1. The monoisotopic (exact) mass is 411 g/mol. The Morgan fingerprint density at radius 3 is 2.59 bits per heavy atom. The second-order valence-corrected chi connectivity index (χ2v) is 8.87. The molecule has 0 bridgehead atoms. The van der Waals surface area contributed by atoms with E-state index in [4.69, 9.17) is 0 Å². The van der Waals surface area contributed by atoms with Crippen molar-refractivity contribution in [3.05, 3.63) is 57.3 Å². The molecule has 6 nitrogen and oxygen atoms in total. The quantitative estimate of drug-likeness (QED) is 0.768. The van der Waals surface area contributed by atoms with Crippen molar-refractivity contribution in [2.24, 2.45) is 5.92 Å². The highest BCUT2D eigenvalue weighted by Crippen LogP contribution is 2.29. The van der Waals surface area contributed by atoms with Crippen molar-refractivity contribution < 1.29 is 14.4 Å². The lowest BCUT2D eigenvalue weighted by molar-refractivity contribution is 0.0693. The number of carbonyl (C=O) groups excluding carboxylic acids is 3. The number of rotatable bonds is 5. The van der Waals surface area contributed by atoms with Gasteiger partial charge in [0.15, 0.2) is 0 Å². The molecule has 1 atom stereocenters. The van der Waals surface area contributed by atoms with Gasteiger partial charge in [0.25, 0.3) is 17.7 Å². The molecule has 1 fully saturated rings. The Morgan fingerprint density at radius 2 is 1.90 bits per heavy atom. The topological polar surface area (TPSA) is 69.7 Å². The van der Waals surface area contributed by atoms with E-state index in [2.05, 4.69) is 28.6 Å². The average molecular weight is 412 g/mol. The van der Waals surface area contributed by atoms with Crippen LogP contribution in [-0.4, -0.2) is 54.2 Å². The molecule has 2 aliphatic rings. The van der Waals surface area contributed by atoms with E-state index in [-0.39, 0.29) is 23.8 Å². The van der Waals surface area contributed by atoms with E-state index >= 15 is 0 Å². The lowest BCUT2D eigenvalue weighted by Crippen LogP contribution is -2.41. The van der Waals surface area contributed by atoms with Crippen LogP contribution in [-0.2, 0) is 0 Å². The maximum absolute atomic E-state index is 12.8. The number of nitrogens with zero attached hydrogens (tertiary/aromatic N) is 2. The SMILES string of the molecule is CC1CCN([C@@H](CNC(=O)c2ccc3c(c2)C(=O)N(C)C3=O)c2cccs2)CC1. The van der Waals surface area contributed by atoms with Gasteiger partial charge < -0.3 is 5.32 Å². The third-order valence-electron chi connectivity index (χ3n) is 5.94. The molecule has 1 aromatic carbocycles. The molecule has 29 heavy (non-hydrogen) atoms. The van der Waals surface area contributed by atoms with Crippen LogP contribution < -0.4 is 5.32 Å². The Bertz CT molecular complexity index is 933. The molecule has 7 heteroatoms.